The van der Waals surface area contributed by atoms with Gasteiger partial charge in [-0.1, -0.05) is 60.7 Å². The maximum Gasteiger partial charge on any atom is 0.226 e. The van der Waals surface area contributed by atoms with Gasteiger partial charge in [-0.25, -0.2) is 0 Å². The SMILES string of the molecule is CN(C(=O)Cc1ccc(-c2ccccc2)cc1)C1CCN(CCc2ccccn2)CC1. The summed E-state index contributed by atoms with van der Waals surface area (Å²) in [7, 11) is 1.97. The first-order valence-electron chi connectivity index (χ1n) is 11.2. The molecule has 1 saturated heterocycles. The number of hydrogen-bond donors (Lipinski definition) is 0. The van der Waals surface area contributed by atoms with Crippen molar-refractivity contribution < 1.29 is 4.79 Å². The second-order valence-corrected chi connectivity index (χ2v) is 8.39. The highest BCUT2D eigenvalue weighted by atomic mass is 16.2. The van der Waals surface area contributed by atoms with Crippen LogP contribution in [-0.2, 0) is 17.6 Å². The highest BCUT2D eigenvalue weighted by molar-refractivity contribution is 5.79. The first-order chi connectivity index (χ1) is 15.2. The lowest BCUT2D eigenvalue weighted by Gasteiger charge is -2.36. The number of carbonyl (C=O) groups is 1. The van der Waals surface area contributed by atoms with E-state index in [0.717, 1.165) is 50.2 Å². The quantitative estimate of drug-likeness (QED) is 0.574. The average molecular weight is 414 g/mol. The predicted octanol–water partition coefficient (Wildman–Crippen LogP) is 4.46. The standard InChI is InChI=1S/C27H31N3O/c1-29(26-15-19-30(20-16-26)18-14-25-9-5-6-17-28-25)27(31)21-22-10-12-24(13-11-22)23-7-3-2-4-8-23/h2-13,17,26H,14-16,18-21H2,1H3. The van der Waals surface area contributed by atoms with E-state index in [0.29, 0.717) is 12.5 Å². The summed E-state index contributed by atoms with van der Waals surface area (Å²) in [5, 5.41) is 0. The van der Waals surface area contributed by atoms with Crippen molar-refractivity contribution in [2.24, 2.45) is 0 Å². The summed E-state index contributed by atoms with van der Waals surface area (Å²) in [4.78, 5) is 21.7. The molecule has 3 aromatic rings. The van der Waals surface area contributed by atoms with Gasteiger partial charge >= 0.3 is 0 Å². The highest BCUT2D eigenvalue weighted by Crippen LogP contribution is 2.21. The molecule has 0 spiro atoms. The van der Waals surface area contributed by atoms with E-state index in [1.807, 2.05) is 48.5 Å². The Morgan fingerprint density at radius 2 is 1.61 bits per heavy atom. The molecular formula is C27H31N3O. The molecule has 1 fully saturated rings. The van der Waals surface area contributed by atoms with Gasteiger partial charge in [-0.15, -0.1) is 0 Å². The van der Waals surface area contributed by atoms with Crippen molar-refractivity contribution in [2.75, 3.05) is 26.7 Å². The fraction of sp³-hybridized carbons (Fsp3) is 0.333. The molecule has 0 saturated carbocycles. The number of piperidine rings is 1. The third kappa shape index (κ3) is 5.80. The van der Waals surface area contributed by atoms with Gasteiger partial charge in [0.05, 0.1) is 6.42 Å². The van der Waals surface area contributed by atoms with Gasteiger partial charge in [0.25, 0.3) is 0 Å². The molecule has 0 unspecified atom stereocenters. The van der Waals surface area contributed by atoms with Crippen LogP contribution in [0.25, 0.3) is 11.1 Å². The van der Waals surface area contributed by atoms with E-state index in [1.165, 1.54) is 11.1 Å². The minimum Gasteiger partial charge on any atom is -0.342 e. The fourth-order valence-electron chi connectivity index (χ4n) is 4.30. The molecule has 1 aliphatic heterocycles. The van der Waals surface area contributed by atoms with Crippen LogP contribution in [0.3, 0.4) is 0 Å². The molecule has 1 aromatic heterocycles. The Bertz CT molecular complexity index is 949. The van der Waals surface area contributed by atoms with Crippen LogP contribution in [0.4, 0.5) is 0 Å². The van der Waals surface area contributed by atoms with E-state index in [1.54, 1.807) is 0 Å². The number of amides is 1. The summed E-state index contributed by atoms with van der Waals surface area (Å²) in [5.41, 5.74) is 4.61. The van der Waals surface area contributed by atoms with Crippen LogP contribution in [0.2, 0.25) is 0 Å². The van der Waals surface area contributed by atoms with E-state index in [2.05, 4.69) is 52.3 Å². The van der Waals surface area contributed by atoms with E-state index in [4.69, 9.17) is 0 Å². The van der Waals surface area contributed by atoms with Crippen LogP contribution in [0.5, 0.6) is 0 Å². The fourth-order valence-corrected chi connectivity index (χ4v) is 4.30. The molecule has 1 amide bonds. The minimum absolute atomic E-state index is 0.208. The Morgan fingerprint density at radius 3 is 2.29 bits per heavy atom. The van der Waals surface area contributed by atoms with Crippen molar-refractivity contribution >= 4 is 5.91 Å². The summed E-state index contributed by atoms with van der Waals surface area (Å²) in [6.45, 7) is 3.12. The van der Waals surface area contributed by atoms with Crippen molar-refractivity contribution in [3.63, 3.8) is 0 Å². The first-order valence-corrected chi connectivity index (χ1v) is 11.2. The van der Waals surface area contributed by atoms with Crippen molar-refractivity contribution in [3.8, 4) is 11.1 Å². The zero-order valence-corrected chi connectivity index (χ0v) is 18.3. The van der Waals surface area contributed by atoms with E-state index >= 15 is 0 Å². The zero-order valence-electron chi connectivity index (χ0n) is 18.3. The van der Waals surface area contributed by atoms with Crippen molar-refractivity contribution in [2.45, 2.75) is 31.7 Å². The molecule has 2 aromatic carbocycles. The van der Waals surface area contributed by atoms with E-state index in [-0.39, 0.29) is 5.91 Å². The predicted molar refractivity (Wildman–Crippen MR) is 126 cm³/mol. The molecule has 2 heterocycles. The maximum atomic E-state index is 12.9. The number of pyridine rings is 1. The Labute approximate surface area is 185 Å². The lowest BCUT2D eigenvalue weighted by Crippen LogP contribution is -2.46. The number of nitrogens with zero attached hydrogens (tertiary/aromatic N) is 3. The number of likely N-dealkylation sites (N-methyl/N-ethyl adjacent to an activating group) is 1. The van der Waals surface area contributed by atoms with Crippen LogP contribution in [0.15, 0.2) is 79.0 Å². The zero-order chi connectivity index (χ0) is 21.5. The third-order valence-corrected chi connectivity index (χ3v) is 6.32. The molecule has 0 bridgehead atoms. The molecule has 31 heavy (non-hydrogen) atoms. The number of benzene rings is 2. The van der Waals surface area contributed by atoms with Crippen molar-refractivity contribution in [1.29, 1.82) is 0 Å². The lowest BCUT2D eigenvalue weighted by molar-refractivity contribution is -0.132. The first kappa shape index (κ1) is 21.3. The number of rotatable bonds is 7. The summed E-state index contributed by atoms with van der Waals surface area (Å²) in [6, 6.07) is 25.1. The van der Waals surface area contributed by atoms with E-state index < -0.39 is 0 Å². The topological polar surface area (TPSA) is 36.4 Å². The lowest BCUT2D eigenvalue weighted by atomic mass is 10.0. The molecule has 4 nitrogen and oxygen atoms in total. The van der Waals surface area contributed by atoms with Gasteiger partial charge in [0, 0.05) is 51.0 Å². The Morgan fingerprint density at radius 1 is 0.935 bits per heavy atom. The normalized spacial score (nSPS) is 15.0. The molecule has 4 heteroatoms. The largest absolute Gasteiger partial charge is 0.342 e. The number of likely N-dealkylation sites (tertiary alicyclic amines) is 1. The number of carbonyl (C=O) groups excluding carboxylic acids is 1. The second kappa shape index (κ2) is 10.4. The monoisotopic (exact) mass is 413 g/mol. The molecule has 160 valence electrons. The summed E-state index contributed by atoms with van der Waals surface area (Å²) in [5.74, 6) is 0.208. The van der Waals surface area contributed by atoms with Gasteiger partial charge in [0.15, 0.2) is 0 Å². The molecule has 0 radical (unpaired) electrons. The number of aromatic nitrogens is 1. The van der Waals surface area contributed by atoms with Crippen molar-refractivity contribution in [3.05, 3.63) is 90.3 Å². The Balaban J connectivity index is 1.24. The van der Waals surface area contributed by atoms with Gasteiger partial charge in [0.2, 0.25) is 5.91 Å². The molecule has 1 aliphatic rings. The van der Waals surface area contributed by atoms with Crippen molar-refractivity contribution in [1.82, 2.24) is 14.8 Å². The summed E-state index contributed by atoms with van der Waals surface area (Å²) < 4.78 is 0. The van der Waals surface area contributed by atoms with Gasteiger partial charge < -0.3 is 9.80 Å². The van der Waals surface area contributed by atoms with Crippen LogP contribution < -0.4 is 0 Å². The van der Waals surface area contributed by atoms with Gasteiger partial charge in [0.1, 0.15) is 0 Å². The second-order valence-electron chi connectivity index (χ2n) is 8.39. The molecule has 4 rings (SSSR count). The molecule has 0 aliphatic carbocycles. The van der Waals surface area contributed by atoms with Crippen LogP contribution >= 0.6 is 0 Å². The number of hydrogen-bond acceptors (Lipinski definition) is 3. The van der Waals surface area contributed by atoms with Gasteiger partial charge in [-0.05, 0) is 41.7 Å². The molecule has 0 N–H and O–H groups in total. The minimum atomic E-state index is 0.208. The highest BCUT2D eigenvalue weighted by Gasteiger charge is 2.25. The van der Waals surface area contributed by atoms with Gasteiger partial charge in [-0.3, -0.25) is 9.78 Å². The smallest absolute Gasteiger partial charge is 0.226 e. The van der Waals surface area contributed by atoms with Crippen LogP contribution in [0.1, 0.15) is 24.1 Å². The van der Waals surface area contributed by atoms with Crippen LogP contribution in [-0.4, -0.2) is 53.4 Å². The van der Waals surface area contributed by atoms with Gasteiger partial charge in [-0.2, -0.15) is 0 Å². The average Bonchev–Trinajstić information content (AvgIpc) is 2.84. The third-order valence-electron chi connectivity index (χ3n) is 6.32. The van der Waals surface area contributed by atoms with E-state index in [9.17, 15) is 4.79 Å². The molecular weight excluding hydrogens is 382 g/mol. The summed E-state index contributed by atoms with van der Waals surface area (Å²) in [6.07, 6.45) is 5.39. The Kier molecular flexibility index (Phi) is 7.11. The summed E-state index contributed by atoms with van der Waals surface area (Å²) >= 11 is 0. The molecule has 0 atom stereocenters. The Hall–Kier alpha value is -2.98. The van der Waals surface area contributed by atoms with Crippen LogP contribution in [0, 0.1) is 0 Å². The maximum absolute atomic E-state index is 12.9.